The third-order valence-corrected chi connectivity index (χ3v) is 5.53. The van der Waals surface area contributed by atoms with E-state index in [9.17, 15) is 12.8 Å². The maximum Gasteiger partial charge on any atom is 0.240 e. The second kappa shape index (κ2) is 8.93. The molecule has 2 aromatic rings. The fourth-order valence-electron chi connectivity index (χ4n) is 1.94. The molecule has 0 aliphatic carbocycles. The third kappa shape index (κ3) is 5.25. The summed E-state index contributed by atoms with van der Waals surface area (Å²) in [5.41, 5.74) is 0. The largest absolute Gasteiger partial charge is 0.301 e. The van der Waals surface area contributed by atoms with E-state index in [0.717, 1.165) is 17.9 Å². The molecule has 0 unspecified atom stereocenters. The van der Waals surface area contributed by atoms with Crippen LogP contribution in [0.25, 0.3) is 0 Å². The Morgan fingerprint density at radius 3 is 2.68 bits per heavy atom. The summed E-state index contributed by atoms with van der Waals surface area (Å²) < 4.78 is 41.8. The monoisotopic (exact) mass is 382 g/mol. The first-order valence-corrected chi connectivity index (χ1v) is 9.97. The minimum absolute atomic E-state index is 0.00799. The lowest BCUT2D eigenvalue weighted by Gasteiger charge is -2.09. The number of nitrogens with zero attached hydrogens (tertiary/aromatic N) is 3. The molecule has 0 saturated carbocycles. The Labute approximate surface area is 150 Å². The molecule has 0 spiro atoms. The summed E-state index contributed by atoms with van der Waals surface area (Å²) in [5, 5.41) is 8.85. The summed E-state index contributed by atoms with van der Waals surface area (Å²) in [5.74, 6) is 0.730. The van der Waals surface area contributed by atoms with Gasteiger partial charge in [-0.3, -0.25) is 0 Å². The Bertz CT molecular complexity index is 846. The number of benzene rings is 1. The van der Waals surface area contributed by atoms with Gasteiger partial charge >= 0.3 is 0 Å². The van der Waals surface area contributed by atoms with Crippen LogP contribution in [0.1, 0.15) is 12.7 Å². The van der Waals surface area contributed by atoms with Gasteiger partial charge in [-0.25, -0.2) is 17.5 Å². The van der Waals surface area contributed by atoms with Crippen molar-refractivity contribution in [1.82, 2.24) is 19.5 Å². The van der Waals surface area contributed by atoms with E-state index in [1.165, 1.54) is 23.9 Å². The van der Waals surface area contributed by atoms with E-state index < -0.39 is 15.8 Å². The molecule has 0 aliphatic rings. The van der Waals surface area contributed by atoms with E-state index in [1.807, 2.05) is 19.1 Å². The highest BCUT2D eigenvalue weighted by atomic mass is 32.2. The molecular formula is C16H19FN4O2S2. The van der Waals surface area contributed by atoms with Crippen LogP contribution in [-0.2, 0) is 23.1 Å². The molecule has 25 heavy (non-hydrogen) atoms. The lowest BCUT2D eigenvalue weighted by molar-refractivity contribution is 0.574. The molecule has 134 valence electrons. The molecule has 0 bridgehead atoms. The van der Waals surface area contributed by atoms with Crippen molar-refractivity contribution >= 4 is 21.8 Å². The molecule has 1 heterocycles. The second-order valence-corrected chi connectivity index (χ2v) is 7.71. The smallest absolute Gasteiger partial charge is 0.240 e. The van der Waals surface area contributed by atoms with E-state index in [0.29, 0.717) is 17.5 Å². The predicted octanol–water partition coefficient (Wildman–Crippen LogP) is 2.75. The van der Waals surface area contributed by atoms with E-state index in [4.69, 9.17) is 0 Å². The molecule has 0 amide bonds. The summed E-state index contributed by atoms with van der Waals surface area (Å²) >= 11 is 1.50. The summed E-state index contributed by atoms with van der Waals surface area (Å²) in [6.45, 7) is 6.09. The topological polar surface area (TPSA) is 76.9 Å². The van der Waals surface area contributed by atoms with Gasteiger partial charge in [0.15, 0.2) is 5.16 Å². The van der Waals surface area contributed by atoms with Gasteiger partial charge in [0.1, 0.15) is 11.6 Å². The average molecular weight is 382 g/mol. The number of halogens is 1. The fraction of sp³-hybridized carbons (Fsp3) is 0.250. The standard InChI is InChI=1S/C16H19FN4O2S2/c1-3-5-11-24-16-20-19-15(21(16)10-4-2)12-18-25(22,23)14-8-6-13(17)7-9-14/h3-9,18H,2,10-12H2,1H3/b5-3+. The molecule has 6 nitrogen and oxygen atoms in total. The van der Waals surface area contributed by atoms with Crippen LogP contribution in [-0.4, -0.2) is 28.9 Å². The zero-order chi connectivity index (χ0) is 18.3. The van der Waals surface area contributed by atoms with Gasteiger partial charge in [0.05, 0.1) is 11.4 Å². The van der Waals surface area contributed by atoms with Crippen molar-refractivity contribution in [2.24, 2.45) is 0 Å². The lowest BCUT2D eigenvalue weighted by atomic mass is 10.4. The third-order valence-electron chi connectivity index (χ3n) is 3.19. The number of rotatable bonds is 9. The quantitative estimate of drug-likeness (QED) is 0.533. The van der Waals surface area contributed by atoms with E-state index in [1.54, 1.807) is 10.6 Å². The molecule has 0 aliphatic heterocycles. The molecule has 0 atom stereocenters. The normalized spacial score (nSPS) is 11.9. The average Bonchev–Trinajstić information content (AvgIpc) is 2.96. The van der Waals surface area contributed by atoms with Crippen LogP contribution in [0.3, 0.4) is 0 Å². The van der Waals surface area contributed by atoms with Crippen LogP contribution in [0.15, 0.2) is 59.1 Å². The zero-order valence-electron chi connectivity index (χ0n) is 13.7. The Hall–Kier alpha value is -1.97. The van der Waals surface area contributed by atoms with Crippen LogP contribution < -0.4 is 4.72 Å². The van der Waals surface area contributed by atoms with Crippen molar-refractivity contribution in [3.05, 3.63) is 60.7 Å². The molecule has 0 saturated heterocycles. The minimum Gasteiger partial charge on any atom is -0.301 e. The van der Waals surface area contributed by atoms with Gasteiger partial charge < -0.3 is 4.57 Å². The molecular weight excluding hydrogens is 363 g/mol. The number of sulfonamides is 1. The van der Waals surface area contributed by atoms with Crippen molar-refractivity contribution in [3.63, 3.8) is 0 Å². The van der Waals surface area contributed by atoms with Crippen molar-refractivity contribution in [2.45, 2.75) is 30.1 Å². The van der Waals surface area contributed by atoms with Gasteiger partial charge in [-0.05, 0) is 31.2 Å². The first-order valence-electron chi connectivity index (χ1n) is 7.50. The minimum atomic E-state index is -3.76. The van der Waals surface area contributed by atoms with Gasteiger partial charge in [0, 0.05) is 12.3 Å². The summed E-state index contributed by atoms with van der Waals surface area (Å²) in [4.78, 5) is -0.00799. The van der Waals surface area contributed by atoms with Crippen LogP contribution in [0.4, 0.5) is 4.39 Å². The Morgan fingerprint density at radius 2 is 2.04 bits per heavy atom. The van der Waals surface area contributed by atoms with Crippen LogP contribution in [0, 0.1) is 5.82 Å². The summed E-state index contributed by atoms with van der Waals surface area (Å²) in [6.07, 6.45) is 5.63. The molecule has 2 rings (SSSR count). The first kappa shape index (κ1) is 19.4. The predicted molar refractivity (Wildman–Crippen MR) is 96.2 cm³/mol. The van der Waals surface area contributed by atoms with Crippen LogP contribution in [0.2, 0.25) is 0 Å². The number of aromatic nitrogens is 3. The van der Waals surface area contributed by atoms with Gasteiger partial charge in [-0.2, -0.15) is 0 Å². The number of thioether (sulfide) groups is 1. The molecule has 1 aromatic heterocycles. The van der Waals surface area contributed by atoms with Crippen molar-refractivity contribution in [3.8, 4) is 0 Å². The van der Waals surface area contributed by atoms with Gasteiger partial charge in [-0.15, -0.1) is 16.8 Å². The first-order chi connectivity index (χ1) is 12.0. The maximum atomic E-state index is 12.9. The van der Waals surface area contributed by atoms with Gasteiger partial charge in [-0.1, -0.05) is 30.0 Å². The SMILES string of the molecule is C=CCn1c(CNS(=O)(=O)c2ccc(F)cc2)nnc1SC/C=C/C. The van der Waals surface area contributed by atoms with E-state index in [-0.39, 0.29) is 11.4 Å². The molecule has 0 fully saturated rings. The van der Waals surface area contributed by atoms with Crippen molar-refractivity contribution in [2.75, 3.05) is 5.75 Å². The Kier molecular flexibility index (Phi) is 6.91. The highest BCUT2D eigenvalue weighted by Gasteiger charge is 2.17. The Balaban J connectivity index is 2.13. The van der Waals surface area contributed by atoms with E-state index in [2.05, 4.69) is 21.5 Å². The number of hydrogen-bond donors (Lipinski definition) is 1. The number of nitrogens with one attached hydrogen (secondary N) is 1. The van der Waals surface area contributed by atoms with Gasteiger partial charge in [0.25, 0.3) is 0 Å². The van der Waals surface area contributed by atoms with Crippen LogP contribution in [0.5, 0.6) is 0 Å². The van der Waals surface area contributed by atoms with E-state index >= 15 is 0 Å². The highest BCUT2D eigenvalue weighted by molar-refractivity contribution is 7.99. The summed E-state index contributed by atoms with van der Waals surface area (Å²) in [6, 6.07) is 4.63. The number of hydrogen-bond acceptors (Lipinski definition) is 5. The molecule has 9 heteroatoms. The highest BCUT2D eigenvalue weighted by Crippen LogP contribution is 2.18. The lowest BCUT2D eigenvalue weighted by Crippen LogP contribution is -2.25. The van der Waals surface area contributed by atoms with Gasteiger partial charge in [0.2, 0.25) is 10.0 Å². The van der Waals surface area contributed by atoms with Crippen molar-refractivity contribution in [1.29, 1.82) is 0 Å². The van der Waals surface area contributed by atoms with Crippen molar-refractivity contribution < 1.29 is 12.8 Å². The Morgan fingerprint density at radius 1 is 1.32 bits per heavy atom. The van der Waals surface area contributed by atoms with Crippen LogP contribution >= 0.6 is 11.8 Å². The fourth-order valence-corrected chi connectivity index (χ4v) is 3.80. The number of allylic oxidation sites excluding steroid dienone is 2. The molecule has 1 aromatic carbocycles. The maximum absolute atomic E-state index is 12.9. The molecule has 0 radical (unpaired) electrons. The second-order valence-electron chi connectivity index (χ2n) is 4.96. The zero-order valence-corrected chi connectivity index (χ0v) is 15.4. The molecule has 1 N–H and O–H groups in total. The summed E-state index contributed by atoms with van der Waals surface area (Å²) in [7, 11) is -3.76.